The van der Waals surface area contributed by atoms with E-state index >= 15 is 0 Å². The maximum Gasteiger partial charge on any atom is 0.245 e. The van der Waals surface area contributed by atoms with Crippen molar-refractivity contribution < 1.29 is 19.1 Å². The van der Waals surface area contributed by atoms with E-state index in [9.17, 15) is 9.59 Å². The number of rotatable bonds is 8. The fourth-order valence-electron chi connectivity index (χ4n) is 2.96. The zero-order valence-corrected chi connectivity index (χ0v) is 16.2. The van der Waals surface area contributed by atoms with Crippen LogP contribution in [0.4, 0.5) is 5.69 Å². The van der Waals surface area contributed by atoms with Crippen molar-refractivity contribution in [3.63, 3.8) is 0 Å². The third-order valence-corrected chi connectivity index (χ3v) is 4.52. The number of methoxy groups -OCH3 is 1. The number of nitrogens with one attached hydrogen (secondary N) is 1. The molecule has 3 rings (SSSR count). The van der Waals surface area contributed by atoms with Gasteiger partial charge in [0.15, 0.2) is 0 Å². The largest absolute Gasteiger partial charge is 0.497 e. The van der Waals surface area contributed by atoms with E-state index in [4.69, 9.17) is 9.47 Å². The molecule has 1 atom stereocenters. The topological polar surface area (TPSA) is 80.2 Å². The fraction of sp³-hybridized carbons (Fsp3) is 0.227. The molecule has 2 amide bonds. The molecule has 150 valence electrons. The molecule has 29 heavy (non-hydrogen) atoms. The standard InChI is InChI=1S/C22H23N3O4/c1-3-12-29-20-8-4-16(5-9-20)14-23-24-22(27)17-13-21(26)25(15-17)18-6-10-19(28-2)11-7-18/h3-11,14,17H,1,12-13,15H2,2H3,(H,24,27)/b23-14+/t17-/m0/s1. The number of amides is 2. The highest BCUT2D eigenvalue weighted by molar-refractivity contribution is 6.00. The van der Waals surface area contributed by atoms with Gasteiger partial charge in [0.05, 0.1) is 19.2 Å². The van der Waals surface area contributed by atoms with Crippen molar-refractivity contribution in [3.05, 3.63) is 66.7 Å². The molecule has 7 nitrogen and oxygen atoms in total. The number of ether oxygens (including phenoxy) is 2. The van der Waals surface area contributed by atoms with Crippen LogP contribution in [0.15, 0.2) is 66.3 Å². The third kappa shape index (κ3) is 5.22. The Bertz CT molecular complexity index is 891. The van der Waals surface area contributed by atoms with Gasteiger partial charge in [0.1, 0.15) is 18.1 Å². The van der Waals surface area contributed by atoms with E-state index < -0.39 is 5.92 Å². The molecule has 0 radical (unpaired) electrons. The Morgan fingerprint density at radius 2 is 1.90 bits per heavy atom. The highest BCUT2D eigenvalue weighted by atomic mass is 16.5. The Labute approximate surface area is 169 Å². The second-order valence-corrected chi connectivity index (χ2v) is 6.51. The Balaban J connectivity index is 1.53. The van der Waals surface area contributed by atoms with Crippen molar-refractivity contribution in [1.82, 2.24) is 5.43 Å². The summed E-state index contributed by atoms with van der Waals surface area (Å²) >= 11 is 0. The Morgan fingerprint density at radius 1 is 1.21 bits per heavy atom. The molecule has 0 aliphatic carbocycles. The first-order valence-corrected chi connectivity index (χ1v) is 9.22. The molecule has 2 aromatic carbocycles. The van der Waals surface area contributed by atoms with Crippen LogP contribution in [-0.4, -0.2) is 38.3 Å². The van der Waals surface area contributed by atoms with E-state index in [-0.39, 0.29) is 18.2 Å². The SMILES string of the molecule is C=CCOc1ccc(/C=N/NC(=O)[C@H]2CC(=O)N(c3ccc(OC)cc3)C2)cc1. The predicted octanol–water partition coefficient (Wildman–Crippen LogP) is 2.76. The second-order valence-electron chi connectivity index (χ2n) is 6.51. The summed E-state index contributed by atoms with van der Waals surface area (Å²) in [5.41, 5.74) is 4.08. The molecule has 0 aromatic heterocycles. The van der Waals surface area contributed by atoms with E-state index in [2.05, 4.69) is 17.1 Å². The van der Waals surface area contributed by atoms with Crippen LogP contribution in [0.2, 0.25) is 0 Å². The van der Waals surface area contributed by atoms with E-state index in [0.29, 0.717) is 18.9 Å². The van der Waals surface area contributed by atoms with Crippen LogP contribution in [0.3, 0.4) is 0 Å². The monoisotopic (exact) mass is 393 g/mol. The number of hydrazone groups is 1. The molecule has 7 heteroatoms. The Hall–Kier alpha value is -3.61. The van der Waals surface area contributed by atoms with E-state index in [1.165, 1.54) is 0 Å². The molecule has 1 saturated heterocycles. The van der Waals surface area contributed by atoms with Gasteiger partial charge in [0.25, 0.3) is 0 Å². The Kier molecular flexibility index (Phi) is 6.63. The minimum atomic E-state index is -0.448. The molecule has 0 saturated carbocycles. The highest BCUT2D eigenvalue weighted by Gasteiger charge is 2.35. The Morgan fingerprint density at radius 3 is 2.55 bits per heavy atom. The minimum Gasteiger partial charge on any atom is -0.497 e. The van der Waals surface area contributed by atoms with E-state index in [0.717, 1.165) is 17.0 Å². The van der Waals surface area contributed by atoms with Gasteiger partial charge in [0.2, 0.25) is 11.8 Å². The summed E-state index contributed by atoms with van der Waals surface area (Å²) in [7, 11) is 1.59. The average Bonchev–Trinajstić information content (AvgIpc) is 3.15. The van der Waals surface area contributed by atoms with Crippen LogP contribution >= 0.6 is 0 Å². The summed E-state index contributed by atoms with van der Waals surface area (Å²) in [6.07, 6.45) is 3.38. The van der Waals surface area contributed by atoms with Crippen LogP contribution in [0.25, 0.3) is 0 Å². The predicted molar refractivity (Wildman–Crippen MR) is 111 cm³/mol. The summed E-state index contributed by atoms with van der Waals surface area (Å²) < 4.78 is 10.5. The lowest BCUT2D eigenvalue weighted by atomic mass is 10.1. The summed E-state index contributed by atoms with van der Waals surface area (Å²) in [6, 6.07) is 14.5. The molecule has 1 aliphatic rings. The quantitative estimate of drug-likeness (QED) is 0.425. The molecule has 2 aromatic rings. The lowest BCUT2D eigenvalue weighted by Gasteiger charge is -2.16. The molecular formula is C22H23N3O4. The van der Waals surface area contributed by atoms with Crippen molar-refractivity contribution in [2.75, 3.05) is 25.2 Å². The van der Waals surface area contributed by atoms with Gasteiger partial charge in [-0.1, -0.05) is 12.7 Å². The lowest BCUT2D eigenvalue weighted by Crippen LogP contribution is -2.30. The molecule has 1 N–H and O–H groups in total. The van der Waals surface area contributed by atoms with Crippen molar-refractivity contribution in [1.29, 1.82) is 0 Å². The van der Waals surface area contributed by atoms with Gasteiger partial charge in [-0.15, -0.1) is 0 Å². The van der Waals surface area contributed by atoms with Gasteiger partial charge >= 0.3 is 0 Å². The molecule has 1 heterocycles. The number of benzene rings is 2. The van der Waals surface area contributed by atoms with Crippen molar-refractivity contribution in [3.8, 4) is 11.5 Å². The average molecular weight is 393 g/mol. The van der Waals surface area contributed by atoms with E-state index in [1.807, 2.05) is 24.3 Å². The highest BCUT2D eigenvalue weighted by Crippen LogP contribution is 2.26. The smallest absolute Gasteiger partial charge is 0.245 e. The van der Waals surface area contributed by atoms with Gasteiger partial charge in [-0.3, -0.25) is 9.59 Å². The number of nitrogens with zero attached hydrogens (tertiary/aromatic N) is 2. The fourth-order valence-corrected chi connectivity index (χ4v) is 2.96. The molecular weight excluding hydrogens is 370 g/mol. The van der Waals surface area contributed by atoms with Gasteiger partial charge in [-0.25, -0.2) is 5.43 Å². The molecule has 1 fully saturated rings. The van der Waals surface area contributed by atoms with Crippen molar-refractivity contribution in [2.24, 2.45) is 11.0 Å². The molecule has 0 unspecified atom stereocenters. The third-order valence-electron chi connectivity index (χ3n) is 4.52. The van der Waals surface area contributed by atoms with Crippen LogP contribution in [0.5, 0.6) is 11.5 Å². The van der Waals surface area contributed by atoms with Crippen molar-refractivity contribution in [2.45, 2.75) is 6.42 Å². The lowest BCUT2D eigenvalue weighted by molar-refractivity contribution is -0.126. The normalized spacial score (nSPS) is 16.1. The number of hydrogen-bond donors (Lipinski definition) is 1. The number of carbonyl (C=O) groups is 2. The van der Waals surface area contributed by atoms with Crippen LogP contribution in [-0.2, 0) is 9.59 Å². The maximum atomic E-state index is 12.4. The molecule has 0 bridgehead atoms. The first-order chi connectivity index (χ1) is 14.1. The van der Waals surface area contributed by atoms with Gasteiger partial charge in [-0.05, 0) is 54.1 Å². The molecule has 1 aliphatic heterocycles. The first kappa shape index (κ1) is 20.1. The zero-order valence-electron chi connectivity index (χ0n) is 16.2. The summed E-state index contributed by atoms with van der Waals surface area (Å²) in [5, 5.41) is 4.00. The van der Waals surface area contributed by atoms with Gasteiger partial charge in [0, 0.05) is 18.7 Å². The second kappa shape index (κ2) is 9.54. The van der Waals surface area contributed by atoms with Gasteiger partial charge < -0.3 is 14.4 Å². The zero-order chi connectivity index (χ0) is 20.6. The molecule has 0 spiro atoms. The summed E-state index contributed by atoms with van der Waals surface area (Å²) in [6.45, 7) is 4.36. The first-order valence-electron chi connectivity index (χ1n) is 9.22. The summed E-state index contributed by atoms with van der Waals surface area (Å²) in [4.78, 5) is 26.3. The van der Waals surface area contributed by atoms with Crippen molar-refractivity contribution >= 4 is 23.7 Å². The van der Waals surface area contributed by atoms with E-state index in [1.54, 1.807) is 48.6 Å². The van der Waals surface area contributed by atoms with Crippen LogP contribution < -0.4 is 19.8 Å². The number of carbonyl (C=O) groups excluding carboxylic acids is 2. The van der Waals surface area contributed by atoms with Gasteiger partial charge in [-0.2, -0.15) is 5.10 Å². The minimum absolute atomic E-state index is 0.0885. The van der Waals surface area contributed by atoms with Crippen LogP contribution in [0, 0.1) is 5.92 Å². The van der Waals surface area contributed by atoms with Crippen LogP contribution in [0.1, 0.15) is 12.0 Å². The number of hydrogen-bond acceptors (Lipinski definition) is 5. The maximum absolute atomic E-state index is 12.4. The summed E-state index contributed by atoms with van der Waals surface area (Å²) in [5.74, 6) is 0.626. The number of anilines is 1.